The molecule has 3 aromatic rings. The molecule has 0 aliphatic carbocycles. The molecule has 1 atom stereocenters. The van der Waals surface area contributed by atoms with Crippen LogP contribution in [0.3, 0.4) is 0 Å². The first-order chi connectivity index (χ1) is 18.1. The molecular formula is C28H31ClFN3O4S. The summed E-state index contributed by atoms with van der Waals surface area (Å²) >= 11 is 6.38. The van der Waals surface area contributed by atoms with Gasteiger partial charge in [-0.3, -0.25) is 13.9 Å². The lowest BCUT2D eigenvalue weighted by Gasteiger charge is -2.32. The second kappa shape index (κ2) is 13.4. The second-order valence-corrected chi connectivity index (χ2v) is 11.1. The maximum absolute atomic E-state index is 14.4. The van der Waals surface area contributed by atoms with Gasteiger partial charge < -0.3 is 10.2 Å². The summed E-state index contributed by atoms with van der Waals surface area (Å²) in [6.07, 6.45) is 1.33. The zero-order chi connectivity index (χ0) is 27.7. The Morgan fingerprint density at radius 3 is 2.24 bits per heavy atom. The number of rotatable bonds is 12. The molecule has 202 valence electrons. The minimum Gasteiger partial charge on any atom is -0.357 e. The normalized spacial score (nSPS) is 12.0. The van der Waals surface area contributed by atoms with Crippen LogP contribution >= 0.6 is 11.6 Å². The molecule has 0 aliphatic rings. The van der Waals surface area contributed by atoms with Gasteiger partial charge in [0.1, 0.15) is 11.9 Å². The van der Waals surface area contributed by atoms with Crippen molar-refractivity contribution in [3.63, 3.8) is 0 Å². The summed E-state index contributed by atoms with van der Waals surface area (Å²) in [5.41, 5.74) is 1.47. The maximum Gasteiger partial charge on any atom is 0.242 e. The molecule has 0 saturated carbocycles. The average molecular weight is 560 g/mol. The molecule has 0 fully saturated rings. The number of carbonyl (C=O) groups excluding carboxylic acids is 2. The SMILES string of the molecule is CNC(=O)C(Cc1ccccc1)N(Cc1ccccc1Cl)C(=O)CCCN(c1ccccc1F)S(C)(=O)=O. The van der Waals surface area contributed by atoms with Crippen LogP contribution in [0, 0.1) is 5.82 Å². The molecule has 10 heteroatoms. The molecule has 0 heterocycles. The molecule has 2 amide bonds. The summed E-state index contributed by atoms with van der Waals surface area (Å²) in [5, 5.41) is 3.11. The molecule has 38 heavy (non-hydrogen) atoms. The molecule has 0 saturated heterocycles. The first kappa shape index (κ1) is 29.1. The molecule has 7 nitrogen and oxygen atoms in total. The van der Waals surface area contributed by atoms with Crippen LogP contribution in [0.1, 0.15) is 24.0 Å². The summed E-state index contributed by atoms with van der Waals surface area (Å²) < 4.78 is 40.1. The molecule has 0 aromatic heterocycles. The lowest BCUT2D eigenvalue weighted by Crippen LogP contribution is -2.49. The fourth-order valence-electron chi connectivity index (χ4n) is 4.17. The van der Waals surface area contributed by atoms with E-state index in [0.29, 0.717) is 10.6 Å². The highest BCUT2D eigenvalue weighted by Gasteiger charge is 2.30. The Morgan fingerprint density at radius 2 is 1.61 bits per heavy atom. The fraction of sp³-hybridized carbons (Fsp3) is 0.286. The summed E-state index contributed by atoms with van der Waals surface area (Å²) in [5.74, 6) is -1.36. The van der Waals surface area contributed by atoms with Gasteiger partial charge in [-0.2, -0.15) is 0 Å². The van der Waals surface area contributed by atoms with Crippen molar-refractivity contribution in [1.82, 2.24) is 10.2 Å². The van der Waals surface area contributed by atoms with Gasteiger partial charge in [-0.1, -0.05) is 72.3 Å². The highest BCUT2D eigenvalue weighted by molar-refractivity contribution is 7.92. The van der Waals surface area contributed by atoms with Crippen LogP contribution in [0.5, 0.6) is 0 Å². The Balaban J connectivity index is 1.86. The number of nitrogens with zero attached hydrogens (tertiary/aromatic N) is 2. The number of anilines is 1. The number of benzene rings is 3. The molecule has 1 unspecified atom stereocenters. The number of amides is 2. The van der Waals surface area contributed by atoms with Crippen LogP contribution in [-0.2, 0) is 32.6 Å². The summed E-state index contributed by atoms with van der Waals surface area (Å²) in [6, 6.07) is 21.2. The van der Waals surface area contributed by atoms with E-state index in [2.05, 4.69) is 5.32 Å². The van der Waals surface area contributed by atoms with Crippen molar-refractivity contribution < 1.29 is 22.4 Å². The van der Waals surface area contributed by atoms with Crippen LogP contribution in [0.4, 0.5) is 10.1 Å². The Bertz CT molecular complexity index is 1350. The Labute approximate surface area is 228 Å². The summed E-state index contributed by atoms with van der Waals surface area (Å²) in [6.45, 7) is -0.0126. The summed E-state index contributed by atoms with van der Waals surface area (Å²) in [7, 11) is -2.29. The first-order valence-electron chi connectivity index (χ1n) is 12.1. The highest BCUT2D eigenvalue weighted by atomic mass is 35.5. The molecule has 3 rings (SSSR count). The van der Waals surface area contributed by atoms with Crippen LogP contribution in [-0.4, -0.2) is 51.0 Å². The Kier molecular flexibility index (Phi) is 10.3. The number of halogens is 2. The number of para-hydroxylation sites is 1. The molecule has 3 aromatic carbocycles. The third kappa shape index (κ3) is 7.79. The number of carbonyl (C=O) groups is 2. The van der Waals surface area contributed by atoms with E-state index in [9.17, 15) is 22.4 Å². The largest absolute Gasteiger partial charge is 0.357 e. The van der Waals surface area contributed by atoms with Gasteiger partial charge in [-0.25, -0.2) is 12.8 Å². The van der Waals surface area contributed by atoms with E-state index in [1.54, 1.807) is 30.3 Å². The predicted octanol–water partition coefficient (Wildman–Crippen LogP) is 4.41. The predicted molar refractivity (Wildman–Crippen MR) is 148 cm³/mol. The minimum atomic E-state index is -3.80. The highest BCUT2D eigenvalue weighted by Crippen LogP contribution is 2.24. The van der Waals surface area contributed by atoms with Crippen molar-refractivity contribution in [3.8, 4) is 0 Å². The zero-order valence-electron chi connectivity index (χ0n) is 21.3. The molecule has 0 radical (unpaired) electrons. The van der Waals surface area contributed by atoms with E-state index in [1.165, 1.54) is 30.1 Å². The molecule has 0 aliphatic heterocycles. The van der Waals surface area contributed by atoms with Gasteiger partial charge in [0, 0.05) is 38.0 Å². The van der Waals surface area contributed by atoms with Crippen molar-refractivity contribution in [3.05, 3.63) is 101 Å². The van der Waals surface area contributed by atoms with Crippen LogP contribution in [0.2, 0.25) is 5.02 Å². The van der Waals surface area contributed by atoms with Crippen molar-refractivity contribution in [2.45, 2.75) is 31.8 Å². The number of hydrogen-bond acceptors (Lipinski definition) is 4. The molecule has 1 N–H and O–H groups in total. The van der Waals surface area contributed by atoms with E-state index in [1.807, 2.05) is 30.3 Å². The van der Waals surface area contributed by atoms with Gasteiger partial charge in [0.2, 0.25) is 21.8 Å². The average Bonchev–Trinajstić information content (AvgIpc) is 2.89. The third-order valence-electron chi connectivity index (χ3n) is 6.09. The number of nitrogens with one attached hydrogen (secondary N) is 1. The van der Waals surface area contributed by atoms with E-state index in [-0.39, 0.29) is 49.9 Å². The standard InChI is InChI=1S/C28H31ClFN3O4S/c1-31-28(35)26(19-21-11-4-3-5-12-21)32(20-22-13-6-7-14-23(22)29)27(34)17-10-18-33(38(2,36)37)25-16-9-8-15-24(25)30/h3-9,11-16,26H,10,17-20H2,1-2H3,(H,31,35). The Morgan fingerprint density at radius 1 is 0.974 bits per heavy atom. The first-order valence-corrected chi connectivity index (χ1v) is 14.3. The number of likely N-dealkylation sites (N-methyl/N-ethyl adjacent to an activating group) is 1. The third-order valence-corrected chi connectivity index (χ3v) is 7.64. The van der Waals surface area contributed by atoms with E-state index >= 15 is 0 Å². The minimum absolute atomic E-state index is 0.0623. The topological polar surface area (TPSA) is 86.8 Å². The van der Waals surface area contributed by atoms with Gasteiger partial charge in [0.05, 0.1) is 11.9 Å². The molecule has 0 spiro atoms. The zero-order valence-corrected chi connectivity index (χ0v) is 22.9. The van der Waals surface area contributed by atoms with E-state index in [4.69, 9.17) is 11.6 Å². The second-order valence-electron chi connectivity index (χ2n) is 8.82. The summed E-state index contributed by atoms with van der Waals surface area (Å²) in [4.78, 5) is 28.1. The number of hydrogen-bond donors (Lipinski definition) is 1. The smallest absolute Gasteiger partial charge is 0.242 e. The van der Waals surface area contributed by atoms with E-state index in [0.717, 1.165) is 16.1 Å². The van der Waals surface area contributed by atoms with Gasteiger partial charge in [0.25, 0.3) is 0 Å². The Hall–Kier alpha value is -3.43. The van der Waals surface area contributed by atoms with Crippen LogP contribution < -0.4 is 9.62 Å². The van der Waals surface area contributed by atoms with Gasteiger partial charge >= 0.3 is 0 Å². The van der Waals surface area contributed by atoms with Gasteiger partial charge in [0.15, 0.2) is 0 Å². The molecular weight excluding hydrogens is 529 g/mol. The van der Waals surface area contributed by atoms with Gasteiger partial charge in [-0.05, 0) is 35.7 Å². The maximum atomic E-state index is 14.4. The van der Waals surface area contributed by atoms with Crippen LogP contribution in [0.15, 0.2) is 78.9 Å². The van der Waals surface area contributed by atoms with Crippen LogP contribution in [0.25, 0.3) is 0 Å². The number of sulfonamides is 1. The van der Waals surface area contributed by atoms with Crippen molar-refractivity contribution in [1.29, 1.82) is 0 Å². The monoisotopic (exact) mass is 559 g/mol. The van der Waals surface area contributed by atoms with Crippen molar-refractivity contribution in [2.75, 3.05) is 24.2 Å². The van der Waals surface area contributed by atoms with E-state index < -0.39 is 21.9 Å². The fourth-order valence-corrected chi connectivity index (χ4v) is 5.33. The lowest BCUT2D eigenvalue weighted by atomic mass is 10.0. The van der Waals surface area contributed by atoms with Crippen molar-refractivity contribution >= 4 is 39.1 Å². The quantitative estimate of drug-likeness (QED) is 0.356. The van der Waals surface area contributed by atoms with Gasteiger partial charge in [-0.15, -0.1) is 0 Å². The lowest BCUT2D eigenvalue weighted by molar-refractivity contribution is -0.141. The molecule has 0 bridgehead atoms. The van der Waals surface area contributed by atoms with Crippen molar-refractivity contribution in [2.24, 2.45) is 0 Å².